The van der Waals surface area contributed by atoms with Gasteiger partial charge in [0.1, 0.15) is 0 Å². The van der Waals surface area contributed by atoms with Crippen molar-refractivity contribution >= 4 is 27.3 Å². The van der Waals surface area contributed by atoms with E-state index in [1.54, 1.807) is 24.1 Å². The number of hydrogen-bond acceptors (Lipinski definition) is 4. The van der Waals surface area contributed by atoms with Gasteiger partial charge in [0.05, 0.1) is 10.5 Å². The first kappa shape index (κ1) is 20.4. The zero-order valence-electron chi connectivity index (χ0n) is 16.6. The Hall–Kier alpha value is -2.38. The lowest BCUT2D eigenvalue weighted by atomic mass is 10.1. The minimum Gasteiger partial charge on any atom is -0.371 e. The molecule has 1 heterocycles. The van der Waals surface area contributed by atoms with Crippen LogP contribution >= 0.6 is 0 Å². The van der Waals surface area contributed by atoms with Crippen LogP contribution in [0, 0.1) is 0 Å². The van der Waals surface area contributed by atoms with Gasteiger partial charge in [0.2, 0.25) is 10.0 Å². The Morgan fingerprint density at radius 3 is 2.18 bits per heavy atom. The van der Waals surface area contributed by atoms with Crippen molar-refractivity contribution in [1.29, 1.82) is 0 Å². The molecule has 0 aliphatic carbocycles. The third-order valence-corrected chi connectivity index (χ3v) is 6.93. The number of benzene rings is 2. The molecule has 0 aromatic heterocycles. The molecule has 0 radical (unpaired) electrons. The smallest absolute Gasteiger partial charge is 0.260 e. The molecule has 1 fully saturated rings. The second-order valence-electron chi connectivity index (χ2n) is 7.21. The van der Waals surface area contributed by atoms with Crippen molar-refractivity contribution in [3.63, 3.8) is 0 Å². The molecular weight excluding hydrogens is 374 g/mol. The van der Waals surface area contributed by atoms with Crippen molar-refractivity contribution in [2.45, 2.75) is 24.2 Å². The topological polar surface area (TPSA) is 60.9 Å². The molecular formula is C21H27N3O3S. The number of sulfonamides is 1. The van der Waals surface area contributed by atoms with E-state index in [9.17, 15) is 13.2 Å². The number of amides is 1. The predicted octanol–water partition coefficient (Wildman–Crippen LogP) is 3.20. The molecule has 2 aromatic carbocycles. The number of rotatable bonds is 5. The number of nitrogens with zero attached hydrogens (tertiary/aromatic N) is 3. The summed E-state index contributed by atoms with van der Waals surface area (Å²) in [5, 5.41) is 0. The van der Waals surface area contributed by atoms with Crippen molar-refractivity contribution in [1.82, 2.24) is 4.31 Å². The monoisotopic (exact) mass is 401 g/mol. The van der Waals surface area contributed by atoms with Gasteiger partial charge < -0.3 is 9.80 Å². The van der Waals surface area contributed by atoms with Crippen LogP contribution in [0.1, 0.15) is 29.6 Å². The molecule has 7 heteroatoms. The average Bonchev–Trinajstić information content (AvgIpc) is 2.73. The number of anilines is 2. The fraction of sp³-hybridized carbons (Fsp3) is 0.381. The highest BCUT2D eigenvalue weighted by atomic mass is 32.2. The van der Waals surface area contributed by atoms with Gasteiger partial charge in [0.25, 0.3) is 5.91 Å². The molecule has 0 N–H and O–H groups in total. The van der Waals surface area contributed by atoms with Crippen molar-refractivity contribution in [3.05, 3.63) is 54.1 Å². The first-order valence-electron chi connectivity index (χ1n) is 9.47. The van der Waals surface area contributed by atoms with Crippen molar-refractivity contribution in [3.8, 4) is 0 Å². The third-order valence-electron chi connectivity index (χ3n) is 5.12. The van der Waals surface area contributed by atoms with Crippen LogP contribution in [0.4, 0.5) is 11.4 Å². The number of carbonyl (C=O) groups is 1. The Morgan fingerprint density at radius 2 is 1.57 bits per heavy atom. The maximum atomic E-state index is 13.3. The van der Waals surface area contributed by atoms with E-state index in [0.29, 0.717) is 5.56 Å². The van der Waals surface area contributed by atoms with Gasteiger partial charge in [-0.25, -0.2) is 12.7 Å². The van der Waals surface area contributed by atoms with Crippen LogP contribution in [0.25, 0.3) is 0 Å². The summed E-state index contributed by atoms with van der Waals surface area (Å²) < 4.78 is 26.4. The largest absolute Gasteiger partial charge is 0.371 e. The molecule has 0 saturated carbocycles. The highest BCUT2D eigenvalue weighted by molar-refractivity contribution is 7.89. The van der Waals surface area contributed by atoms with Crippen molar-refractivity contribution < 1.29 is 13.2 Å². The summed E-state index contributed by atoms with van der Waals surface area (Å²) in [6.45, 7) is 1.74. The standard InChI is InChI=1S/C21H27N3O3S/c1-22(2)28(26,27)18-12-13-20(24-14-8-5-9-15-24)19(16-18)21(25)23(3)17-10-6-4-7-11-17/h4,6-7,10-13,16H,5,8-9,14-15H2,1-3H3. The van der Waals surface area contributed by atoms with Crippen LogP contribution in [0.3, 0.4) is 0 Å². The fourth-order valence-electron chi connectivity index (χ4n) is 3.42. The summed E-state index contributed by atoms with van der Waals surface area (Å²) in [7, 11) is 1.07. The second-order valence-corrected chi connectivity index (χ2v) is 9.37. The zero-order chi connectivity index (χ0) is 20.3. The Kier molecular flexibility index (Phi) is 6.05. The van der Waals surface area contributed by atoms with Crippen LogP contribution in [0.5, 0.6) is 0 Å². The second kappa shape index (κ2) is 8.32. The first-order valence-corrected chi connectivity index (χ1v) is 10.9. The molecule has 2 aromatic rings. The quantitative estimate of drug-likeness (QED) is 0.772. The van der Waals surface area contributed by atoms with Crippen LogP contribution in [-0.4, -0.2) is 52.9 Å². The van der Waals surface area contributed by atoms with Crippen molar-refractivity contribution in [2.24, 2.45) is 0 Å². The van der Waals surface area contributed by atoms with Gasteiger partial charge >= 0.3 is 0 Å². The molecule has 1 aliphatic rings. The predicted molar refractivity (Wildman–Crippen MR) is 113 cm³/mol. The minimum absolute atomic E-state index is 0.128. The number of piperidine rings is 1. The van der Waals surface area contributed by atoms with E-state index in [-0.39, 0.29) is 10.8 Å². The maximum absolute atomic E-state index is 13.3. The number of para-hydroxylation sites is 1. The van der Waals surface area contributed by atoms with E-state index in [4.69, 9.17) is 0 Å². The van der Waals surface area contributed by atoms with Crippen LogP contribution < -0.4 is 9.80 Å². The van der Waals surface area contributed by atoms with E-state index < -0.39 is 10.0 Å². The molecule has 3 rings (SSSR count). The molecule has 0 spiro atoms. The van der Waals surface area contributed by atoms with Gasteiger partial charge in [0, 0.05) is 45.6 Å². The van der Waals surface area contributed by atoms with Gasteiger partial charge in [-0.15, -0.1) is 0 Å². The summed E-state index contributed by atoms with van der Waals surface area (Å²) in [6.07, 6.45) is 3.32. The fourth-order valence-corrected chi connectivity index (χ4v) is 4.35. The molecule has 6 nitrogen and oxygen atoms in total. The highest BCUT2D eigenvalue weighted by Crippen LogP contribution is 2.29. The summed E-state index contributed by atoms with van der Waals surface area (Å²) in [5.41, 5.74) is 1.97. The van der Waals surface area contributed by atoms with Gasteiger partial charge in [-0.1, -0.05) is 18.2 Å². The lowest BCUT2D eigenvalue weighted by Gasteiger charge is -2.31. The van der Waals surface area contributed by atoms with Crippen LogP contribution in [-0.2, 0) is 10.0 Å². The van der Waals surface area contributed by atoms with Crippen LogP contribution in [0.15, 0.2) is 53.4 Å². The van der Waals surface area contributed by atoms with Gasteiger partial charge in [0.15, 0.2) is 0 Å². The lowest BCUT2D eigenvalue weighted by Crippen LogP contribution is -2.34. The van der Waals surface area contributed by atoms with Gasteiger partial charge in [-0.2, -0.15) is 0 Å². The molecule has 1 saturated heterocycles. The summed E-state index contributed by atoms with van der Waals surface area (Å²) in [6, 6.07) is 14.2. The molecule has 150 valence electrons. The Bertz CT molecular complexity index is 937. The maximum Gasteiger partial charge on any atom is 0.260 e. The average molecular weight is 402 g/mol. The SMILES string of the molecule is CN(C(=O)c1cc(S(=O)(=O)N(C)C)ccc1N1CCCCC1)c1ccccc1. The molecule has 28 heavy (non-hydrogen) atoms. The molecule has 0 unspecified atom stereocenters. The van der Waals surface area contributed by atoms with E-state index in [1.165, 1.54) is 26.6 Å². The first-order chi connectivity index (χ1) is 13.3. The molecule has 1 amide bonds. The van der Waals surface area contributed by atoms with Gasteiger partial charge in [-0.3, -0.25) is 4.79 Å². The number of hydrogen-bond donors (Lipinski definition) is 0. The number of carbonyl (C=O) groups excluding carboxylic acids is 1. The zero-order valence-corrected chi connectivity index (χ0v) is 17.4. The Morgan fingerprint density at radius 1 is 0.929 bits per heavy atom. The molecule has 0 bridgehead atoms. The lowest BCUT2D eigenvalue weighted by molar-refractivity contribution is 0.0993. The Labute approximate surface area is 167 Å². The minimum atomic E-state index is -3.63. The van der Waals surface area contributed by atoms with E-state index >= 15 is 0 Å². The summed E-state index contributed by atoms with van der Waals surface area (Å²) in [5.74, 6) is -0.220. The third kappa shape index (κ3) is 4.05. The molecule has 0 atom stereocenters. The van der Waals surface area contributed by atoms with E-state index in [2.05, 4.69) is 4.90 Å². The summed E-state index contributed by atoms with van der Waals surface area (Å²) in [4.78, 5) is 17.2. The normalized spacial score (nSPS) is 14.9. The van der Waals surface area contributed by atoms with Crippen molar-refractivity contribution in [2.75, 3.05) is 44.0 Å². The van der Waals surface area contributed by atoms with Crippen LogP contribution in [0.2, 0.25) is 0 Å². The summed E-state index contributed by atoms with van der Waals surface area (Å²) >= 11 is 0. The Balaban J connectivity index is 2.07. The molecule has 1 aliphatic heterocycles. The van der Waals surface area contributed by atoms with E-state index in [0.717, 1.165) is 41.6 Å². The highest BCUT2D eigenvalue weighted by Gasteiger charge is 2.26. The van der Waals surface area contributed by atoms with E-state index in [1.807, 2.05) is 30.3 Å². The van der Waals surface area contributed by atoms with Gasteiger partial charge in [-0.05, 0) is 49.6 Å².